The second kappa shape index (κ2) is 20.0. The normalized spacial score (nSPS) is 13.3. The van der Waals surface area contributed by atoms with Crippen LogP contribution in [0.2, 0.25) is 0 Å². The minimum absolute atomic E-state index is 0.0814. The van der Waals surface area contributed by atoms with Crippen LogP contribution in [0.5, 0.6) is 0 Å². The first kappa shape index (κ1) is 39.0. The Hall–Kier alpha value is -3.01. The number of hydrogen-bond donors (Lipinski definition) is 5. The van der Waals surface area contributed by atoms with Gasteiger partial charge in [0.05, 0.1) is 17.8 Å². The highest BCUT2D eigenvalue weighted by molar-refractivity contribution is 7.88. The summed E-state index contributed by atoms with van der Waals surface area (Å²) in [7, 11) is -10.8. The van der Waals surface area contributed by atoms with E-state index in [4.69, 9.17) is 17.7 Å². The number of rotatable bonds is 11. The molecule has 0 bridgehead atoms. The molecule has 0 unspecified atom stereocenters. The standard InChI is InChI=1S/C18H28N8O6S2.2C2H6.O3S/c1-33(28,29)20-6-5-19-16-22-17(21-14-3-2-4-15(13-14)34(30,31)32)24-18(23-16)26-9-7-25(8-10-26)11-12-27;2*1-2;1-4(2)3/h2-4,13,20,27H,5-12H2,1H3,(H,30,31,32)(H2,19,21,22,23,24);2*1-2H3;. The van der Waals surface area contributed by atoms with Crippen LogP contribution in [0.15, 0.2) is 29.2 Å². The number of anilines is 4. The molecule has 0 spiro atoms. The molecule has 240 valence electrons. The van der Waals surface area contributed by atoms with Crippen molar-refractivity contribution in [3.63, 3.8) is 0 Å². The number of β-amino-alcohol motifs (C(OH)–C–C–N with tert-alkyl or cyclic N) is 1. The molecule has 0 aliphatic carbocycles. The maximum atomic E-state index is 11.4. The van der Waals surface area contributed by atoms with Crippen LogP contribution in [0, 0.1) is 0 Å². The Morgan fingerprint density at radius 2 is 1.48 bits per heavy atom. The summed E-state index contributed by atoms with van der Waals surface area (Å²) < 4.78 is 82.4. The number of aliphatic hydroxyl groups excluding tert-OH is 1. The lowest BCUT2D eigenvalue weighted by Gasteiger charge is -2.34. The number of benzene rings is 1. The fraction of sp³-hybridized carbons (Fsp3) is 0.591. The van der Waals surface area contributed by atoms with E-state index < -0.39 is 30.8 Å². The highest BCUT2D eigenvalue weighted by Gasteiger charge is 2.20. The molecule has 1 aliphatic rings. The van der Waals surface area contributed by atoms with Gasteiger partial charge < -0.3 is 20.6 Å². The minimum atomic E-state index is -4.38. The number of hydrogen-bond acceptors (Lipinski definition) is 15. The van der Waals surface area contributed by atoms with Gasteiger partial charge in [0.15, 0.2) is 0 Å². The summed E-state index contributed by atoms with van der Waals surface area (Å²) in [5.41, 5.74) is 0.338. The largest absolute Gasteiger partial charge is 0.425 e. The quantitative estimate of drug-likeness (QED) is 0.158. The Morgan fingerprint density at radius 3 is 2.00 bits per heavy atom. The van der Waals surface area contributed by atoms with E-state index in [1.54, 1.807) is 6.07 Å². The molecule has 1 fully saturated rings. The first-order valence-corrected chi connectivity index (χ1v) is 17.2. The molecule has 2 heterocycles. The van der Waals surface area contributed by atoms with Gasteiger partial charge in [0.2, 0.25) is 27.9 Å². The molecule has 1 aliphatic heterocycles. The molecular formula is C22H40N8O9S3. The lowest BCUT2D eigenvalue weighted by atomic mass is 10.3. The molecular weight excluding hydrogens is 616 g/mol. The Bertz CT molecular complexity index is 1400. The molecule has 20 heteroatoms. The average Bonchev–Trinajstić information content (AvgIpc) is 2.93. The van der Waals surface area contributed by atoms with E-state index >= 15 is 0 Å². The third-order valence-electron chi connectivity index (χ3n) is 4.86. The highest BCUT2D eigenvalue weighted by Crippen LogP contribution is 2.21. The Morgan fingerprint density at radius 1 is 0.905 bits per heavy atom. The molecule has 0 amide bonds. The monoisotopic (exact) mass is 656 g/mol. The molecule has 1 aromatic heterocycles. The predicted octanol–water partition coefficient (Wildman–Crippen LogP) is -0.0144. The van der Waals surface area contributed by atoms with Crippen LogP contribution >= 0.6 is 0 Å². The SMILES string of the molecule is CC.CC.CS(=O)(=O)NCCNc1nc(Nc2cccc(S(=O)(=O)O)c2)nc(N2CCN(CCO)CC2)n1.O=S(=O)=O. The van der Waals surface area contributed by atoms with Gasteiger partial charge in [-0.3, -0.25) is 9.45 Å². The van der Waals surface area contributed by atoms with Crippen LogP contribution in [0.25, 0.3) is 0 Å². The van der Waals surface area contributed by atoms with Crippen molar-refractivity contribution in [1.82, 2.24) is 24.6 Å². The molecule has 1 saturated heterocycles. The van der Waals surface area contributed by atoms with Gasteiger partial charge in [-0.1, -0.05) is 33.8 Å². The zero-order valence-corrected chi connectivity index (χ0v) is 26.6. The third kappa shape index (κ3) is 16.4. The van der Waals surface area contributed by atoms with Crippen LogP contribution in [0.3, 0.4) is 0 Å². The van der Waals surface area contributed by atoms with Crippen molar-refractivity contribution in [2.24, 2.45) is 0 Å². The van der Waals surface area contributed by atoms with Crippen LogP contribution in [0.1, 0.15) is 27.7 Å². The summed E-state index contributed by atoms with van der Waals surface area (Å²) >= 11 is 0. The van der Waals surface area contributed by atoms with Gasteiger partial charge in [-0.15, -0.1) is 12.6 Å². The molecule has 3 rings (SSSR count). The van der Waals surface area contributed by atoms with Crippen molar-refractivity contribution in [3.05, 3.63) is 24.3 Å². The topological polar surface area (TPSA) is 241 Å². The number of nitrogens with one attached hydrogen (secondary N) is 3. The van der Waals surface area contributed by atoms with Crippen LogP contribution in [-0.4, -0.2) is 118 Å². The van der Waals surface area contributed by atoms with Crippen molar-refractivity contribution in [2.75, 3.05) is 74.2 Å². The number of aromatic nitrogens is 3. The molecule has 17 nitrogen and oxygen atoms in total. The maximum Gasteiger partial charge on any atom is 0.425 e. The van der Waals surface area contributed by atoms with E-state index in [1.165, 1.54) is 18.2 Å². The summed E-state index contributed by atoms with van der Waals surface area (Å²) in [4.78, 5) is 17.0. The molecule has 5 N–H and O–H groups in total. The summed E-state index contributed by atoms with van der Waals surface area (Å²) in [6.07, 6.45) is 1.06. The van der Waals surface area contributed by atoms with Gasteiger partial charge in [-0.25, -0.2) is 13.1 Å². The zero-order valence-electron chi connectivity index (χ0n) is 24.2. The van der Waals surface area contributed by atoms with E-state index in [0.29, 0.717) is 44.4 Å². The molecule has 42 heavy (non-hydrogen) atoms. The van der Waals surface area contributed by atoms with Crippen molar-refractivity contribution >= 4 is 54.3 Å². The van der Waals surface area contributed by atoms with Gasteiger partial charge in [0, 0.05) is 51.5 Å². The van der Waals surface area contributed by atoms with Gasteiger partial charge in [-0.2, -0.15) is 23.4 Å². The van der Waals surface area contributed by atoms with Gasteiger partial charge >= 0.3 is 10.6 Å². The summed E-state index contributed by atoms with van der Waals surface area (Å²) in [6, 6.07) is 5.56. The van der Waals surface area contributed by atoms with Crippen molar-refractivity contribution < 1.29 is 39.1 Å². The highest BCUT2D eigenvalue weighted by atomic mass is 32.2. The molecule has 0 saturated carbocycles. The first-order valence-electron chi connectivity index (χ1n) is 12.9. The lowest BCUT2D eigenvalue weighted by molar-refractivity contribution is 0.188. The lowest BCUT2D eigenvalue weighted by Crippen LogP contribution is -2.47. The molecule has 2 aromatic rings. The van der Waals surface area contributed by atoms with Gasteiger partial charge in [0.25, 0.3) is 10.1 Å². The van der Waals surface area contributed by atoms with Crippen molar-refractivity contribution in [1.29, 1.82) is 0 Å². The second-order valence-corrected chi connectivity index (χ2v) is 11.4. The zero-order chi connectivity index (χ0) is 32.3. The average molecular weight is 657 g/mol. The number of piperazine rings is 1. The minimum Gasteiger partial charge on any atom is -0.395 e. The van der Waals surface area contributed by atoms with E-state index in [1.807, 2.05) is 32.6 Å². The molecule has 0 radical (unpaired) electrons. The summed E-state index contributed by atoms with van der Waals surface area (Å²) in [5, 5.41) is 15.0. The van der Waals surface area contributed by atoms with Crippen molar-refractivity contribution in [2.45, 2.75) is 32.6 Å². The van der Waals surface area contributed by atoms with Crippen molar-refractivity contribution in [3.8, 4) is 0 Å². The van der Waals surface area contributed by atoms with Crippen LogP contribution < -0.4 is 20.3 Å². The molecule has 0 atom stereocenters. The number of nitrogens with zero attached hydrogens (tertiary/aromatic N) is 5. The van der Waals surface area contributed by atoms with Gasteiger partial charge in [0.1, 0.15) is 0 Å². The van der Waals surface area contributed by atoms with Crippen LogP contribution in [0.4, 0.5) is 23.5 Å². The number of sulfonamides is 1. The van der Waals surface area contributed by atoms with E-state index in [9.17, 15) is 21.4 Å². The van der Waals surface area contributed by atoms with Crippen LogP contribution in [-0.2, 0) is 30.8 Å². The fourth-order valence-electron chi connectivity index (χ4n) is 3.23. The smallest absolute Gasteiger partial charge is 0.395 e. The van der Waals surface area contributed by atoms with E-state index in [0.717, 1.165) is 6.26 Å². The Labute approximate surface area is 248 Å². The van der Waals surface area contributed by atoms with E-state index in [-0.39, 0.29) is 36.5 Å². The Balaban J connectivity index is 0.00000190. The predicted molar refractivity (Wildman–Crippen MR) is 159 cm³/mol. The second-order valence-electron chi connectivity index (χ2n) is 7.76. The summed E-state index contributed by atoms with van der Waals surface area (Å²) in [6.45, 7) is 11.7. The van der Waals surface area contributed by atoms with Gasteiger partial charge in [-0.05, 0) is 18.2 Å². The molecule has 1 aromatic carbocycles. The van der Waals surface area contributed by atoms with E-state index in [2.05, 4.69) is 35.2 Å². The fourth-order valence-corrected chi connectivity index (χ4v) is 4.23. The maximum absolute atomic E-state index is 11.4. The number of aliphatic hydroxyl groups is 1. The third-order valence-corrected chi connectivity index (χ3v) is 6.43. The first-order chi connectivity index (χ1) is 19.8. The summed E-state index contributed by atoms with van der Waals surface area (Å²) in [5.74, 6) is 0.714. The Kier molecular flexibility index (Phi) is 18.6.